The Hall–Kier alpha value is -2.51. The molecule has 1 aliphatic rings. The van der Waals surface area contributed by atoms with Crippen LogP contribution in [0.5, 0.6) is 0 Å². The van der Waals surface area contributed by atoms with E-state index in [9.17, 15) is 8.42 Å². The molecule has 33 heavy (non-hydrogen) atoms. The number of sulfonamides is 1. The van der Waals surface area contributed by atoms with Crippen molar-refractivity contribution in [1.82, 2.24) is 29.8 Å². The van der Waals surface area contributed by atoms with Crippen molar-refractivity contribution in [2.75, 3.05) is 32.0 Å². The van der Waals surface area contributed by atoms with Crippen molar-refractivity contribution in [3.05, 3.63) is 41.9 Å². The van der Waals surface area contributed by atoms with E-state index in [2.05, 4.69) is 20.1 Å². The Balaban J connectivity index is 0.00000306. The second-order valence-electron chi connectivity index (χ2n) is 7.85. The number of rotatable bonds is 6. The van der Waals surface area contributed by atoms with Crippen LogP contribution in [0.25, 0.3) is 22.5 Å². The molecule has 178 valence electrons. The Bertz CT molecular complexity index is 1240. The van der Waals surface area contributed by atoms with Gasteiger partial charge in [0.25, 0.3) is 0 Å². The molecule has 10 nitrogen and oxygen atoms in total. The topological polar surface area (TPSA) is 137 Å². The molecule has 4 rings (SSSR count). The van der Waals surface area contributed by atoms with Crippen LogP contribution in [0.3, 0.4) is 0 Å². The van der Waals surface area contributed by atoms with Crippen LogP contribution in [0.2, 0.25) is 0 Å². The van der Waals surface area contributed by atoms with E-state index in [0.29, 0.717) is 36.7 Å². The van der Waals surface area contributed by atoms with Gasteiger partial charge in [-0.05, 0) is 31.5 Å². The fraction of sp³-hybridized carbons (Fsp3) is 0.381. The fourth-order valence-electron chi connectivity index (χ4n) is 3.65. The lowest BCUT2D eigenvalue weighted by molar-refractivity contribution is 0.0784. The van der Waals surface area contributed by atoms with Crippen LogP contribution in [0, 0.1) is 13.8 Å². The maximum Gasteiger partial charge on any atom is 0.240 e. The van der Waals surface area contributed by atoms with Crippen molar-refractivity contribution in [2.24, 2.45) is 7.05 Å². The first-order valence-corrected chi connectivity index (χ1v) is 11.8. The first-order valence-electron chi connectivity index (χ1n) is 10.3. The average Bonchev–Trinajstić information content (AvgIpc) is 3.11. The van der Waals surface area contributed by atoms with Gasteiger partial charge in [-0.1, -0.05) is 6.07 Å². The number of aromatic nitrogens is 4. The van der Waals surface area contributed by atoms with E-state index in [1.54, 1.807) is 29.1 Å². The lowest BCUT2D eigenvalue weighted by Crippen LogP contribution is -2.48. The molecule has 1 fully saturated rings. The summed E-state index contributed by atoms with van der Waals surface area (Å²) in [4.78, 5) is 9.17. The summed E-state index contributed by atoms with van der Waals surface area (Å²) < 4.78 is 35.6. The van der Waals surface area contributed by atoms with E-state index in [1.807, 2.05) is 27.1 Å². The third kappa shape index (κ3) is 5.53. The van der Waals surface area contributed by atoms with Crippen LogP contribution >= 0.6 is 13.5 Å². The molecular weight excluding hydrogens is 462 g/mol. The smallest absolute Gasteiger partial charge is 0.240 e. The maximum absolute atomic E-state index is 12.9. The highest BCUT2D eigenvalue weighted by molar-refractivity contribution is 7.89. The standard InChI is InChI=1S/C21H27N7O3S.H2S/c1-13-4-5-16(32(29,30)25-9-15-12-31-7-6-23-15)8-17(13)19-10-24-21(22)20(26-19)18-11-28(3)27-14(18)2;/h4-5,8,10-11,15,23,25H,6-7,9,12H2,1-3H3,(H2,22,24);1H2/t15-;/m0./s1. The zero-order valence-corrected chi connectivity index (χ0v) is 20.6. The number of hydrogen-bond donors (Lipinski definition) is 3. The number of benzene rings is 1. The number of morpholine rings is 1. The second-order valence-corrected chi connectivity index (χ2v) is 9.61. The van der Waals surface area contributed by atoms with E-state index in [4.69, 9.17) is 15.5 Å². The number of ether oxygens (including phenoxy) is 1. The summed E-state index contributed by atoms with van der Waals surface area (Å²) in [6, 6.07) is 4.90. The fourth-order valence-corrected chi connectivity index (χ4v) is 4.75. The third-order valence-electron chi connectivity index (χ3n) is 5.38. The molecule has 3 aromatic rings. The quantitative estimate of drug-likeness (QED) is 0.467. The lowest BCUT2D eigenvalue weighted by Gasteiger charge is -2.24. The molecule has 0 spiro atoms. The van der Waals surface area contributed by atoms with Gasteiger partial charge in [-0.3, -0.25) is 4.68 Å². The summed E-state index contributed by atoms with van der Waals surface area (Å²) in [6.07, 6.45) is 3.39. The van der Waals surface area contributed by atoms with E-state index >= 15 is 0 Å². The third-order valence-corrected chi connectivity index (χ3v) is 6.80. The molecule has 0 amide bonds. The predicted molar refractivity (Wildman–Crippen MR) is 132 cm³/mol. The molecule has 1 aliphatic heterocycles. The average molecular weight is 492 g/mol. The number of hydrogen-bond acceptors (Lipinski definition) is 8. The van der Waals surface area contributed by atoms with Crippen LogP contribution in [0.15, 0.2) is 35.5 Å². The molecule has 0 aliphatic carbocycles. The van der Waals surface area contributed by atoms with E-state index in [-0.39, 0.29) is 36.8 Å². The molecule has 0 bridgehead atoms. The Kier molecular flexibility index (Phi) is 7.75. The van der Waals surface area contributed by atoms with Crippen molar-refractivity contribution >= 4 is 29.3 Å². The van der Waals surface area contributed by atoms with Gasteiger partial charge in [-0.15, -0.1) is 0 Å². The largest absolute Gasteiger partial charge is 0.382 e. The summed E-state index contributed by atoms with van der Waals surface area (Å²) in [5.74, 6) is 0.287. The number of aryl methyl sites for hydroxylation is 3. The van der Waals surface area contributed by atoms with E-state index in [0.717, 1.165) is 16.8 Å². The van der Waals surface area contributed by atoms with Gasteiger partial charge in [0.2, 0.25) is 10.0 Å². The van der Waals surface area contributed by atoms with Crippen LogP contribution in [0.1, 0.15) is 11.3 Å². The highest BCUT2D eigenvalue weighted by Crippen LogP contribution is 2.30. The Morgan fingerprint density at radius 2 is 2.09 bits per heavy atom. The number of nitrogens with zero attached hydrogens (tertiary/aromatic N) is 4. The zero-order chi connectivity index (χ0) is 22.9. The SMILES string of the molecule is Cc1ccc(S(=O)(=O)NC[C@H]2COCCN2)cc1-c1cnc(N)c(-c2cn(C)nc2C)n1.S. The first-order chi connectivity index (χ1) is 15.2. The van der Waals surface area contributed by atoms with E-state index in [1.165, 1.54) is 0 Å². The molecule has 0 radical (unpaired) electrons. The highest BCUT2D eigenvalue weighted by atomic mass is 32.2. The molecule has 1 aromatic carbocycles. The summed E-state index contributed by atoms with van der Waals surface area (Å²) >= 11 is 0. The predicted octanol–water partition coefficient (Wildman–Crippen LogP) is 1.12. The van der Waals surface area contributed by atoms with Gasteiger partial charge in [0.15, 0.2) is 0 Å². The Morgan fingerprint density at radius 1 is 1.30 bits per heavy atom. The molecule has 4 N–H and O–H groups in total. The van der Waals surface area contributed by atoms with Crippen LogP contribution in [0.4, 0.5) is 5.82 Å². The molecular formula is C21H29N7O3S2. The number of nitrogens with one attached hydrogen (secondary N) is 2. The van der Waals surface area contributed by atoms with Crippen LogP contribution in [-0.2, 0) is 21.8 Å². The van der Waals surface area contributed by atoms with Crippen molar-refractivity contribution in [3.8, 4) is 22.5 Å². The number of anilines is 1. The number of nitrogen functional groups attached to an aromatic ring is 1. The van der Waals surface area contributed by atoms with Crippen molar-refractivity contribution in [3.63, 3.8) is 0 Å². The molecule has 0 saturated carbocycles. The van der Waals surface area contributed by atoms with Gasteiger partial charge in [-0.2, -0.15) is 18.6 Å². The normalized spacial score (nSPS) is 16.4. The molecule has 0 unspecified atom stereocenters. The van der Waals surface area contributed by atoms with Gasteiger partial charge in [-0.25, -0.2) is 23.1 Å². The minimum Gasteiger partial charge on any atom is -0.382 e. The molecule has 1 atom stereocenters. The van der Waals surface area contributed by atoms with Crippen molar-refractivity contribution < 1.29 is 13.2 Å². The van der Waals surface area contributed by atoms with Gasteiger partial charge < -0.3 is 15.8 Å². The zero-order valence-electron chi connectivity index (χ0n) is 18.8. The van der Waals surface area contributed by atoms with Gasteiger partial charge in [0.1, 0.15) is 11.5 Å². The lowest BCUT2D eigenvalue weighted by atomic mass is 10.1. The molecule has 2 aromatic heterocycles. The Labute approximate surface area is 200 Å². The van der Waals surface area contributed by atoms with Crippen molar-refractivity contribution in [1.29, 1.82) is 0 Å². The van der Waals surface area contributed by atoms with Crippen molar-refractivity contribution in [2.45, 2.75) is 24.8 Å². The maximum atomic E-state index is 12.9. The summed E-state index contributed by atoms with van der Waals surface area (Å²) in [5, 5.41) is 7.58. The molecule has 1 saturated heterocycles. The Morgan fingerprint density at radius 3 is 2.76 bits per heavy atom. The van der Waals surface area contributed by atoms with Gasteiger partial charge in [0.05, 0.1) is 35.7 Å². The second kappa shape index (κ2) is 10.2. The summed E-state index contributed by atoms with van der Waals surface area (Å²) in [6.45, 7) is 5.83. The molecule has 3 heterocycles. The summed E-state index contributed by atoms with van der Waals surface area (Å²) in [7, 11) is -1.89. The highest BCUT2D eigenvalue weighted by Gasteiger charge is 2.21. The first kappa shape index (κ1) is 25.1. The van der Waals surface area contributed by atoms with E-state index < -0.39 is 10.0 Å². The minimum atomic E-state index is -3.71. The minimum absolute atomic E-state index is 0. The van der Waals surface area contributed by atoms with Gasteiger partial charge in [0, 0.05) is 43.5 Å². The molecule has 12 heteroatoms. The van der Waals surface area contributed by atoms with Gasteiger partial charge >= 0.3 is 0 Å². The summed E-state index contributed by atoms with van der Waals surface area (Å²) in [5.41, 5.74) is 10.3. The van der Waals surface area contributed by atoms with Crippen LogP contribution in [-0.4, -0.2) is 60.5 Å². The number of nitrogens with two attached hydrogens (primary N) is 1. The monoisotopic (exact) mass is 491 g/mol. The van der Waals surface area contributed by atoms with Crippen LogP contribution < -0.4 is 15.8 Å².